The lowest BCUT2D eigenvalue weighted by atomic mass is 10.1. The van der Waals surface area contributed by atoms with E-state index < -0.39 is 0 Å². The fourth-order valence-corrected chi connectivity index (χ4v) is 3.77. The van der Waals surface area contributed by atoms with Crippen molar-refractivity contribution in [2.75, 3.05) is 40.3 Å². The van der Waals surface area contributed by atoms with Crippen molar-refractivity contribution in [1.82, 2.24) is 15.1 Å². The molecule has 2 atom stereocenters. The average Bonchev–Trinajstić information content (AvgIpc) is 2.73. The number of piperazine rings is 1. The van der Waals surface area contributed by atoms with Crippen molar-refractivity contribution in [3.05, 3.63) is 21.9 Å². The molecule has 0 aromatic carbocycles. The molecule has 1 fully saturated rings. The fourth-order valence-electron chi connectivity index (χ4n) is 2.73. The lowest BCUT2D eigenvalue weighted by Crippen LogP contribution is -2.52. The summed E-state index contributed by atoms with van der Waals surface area (Å²) >= 11 is 1.91. The zero-order valence-corrected chi connectivity index (χ0v) is 12.8. The third-order valence-corrected chi connectivity index (χ3v) is 4.82. The van der Waals surface area contributed by atoms with Gasteiger partial charge in [-0.05, 0) is 45.0 Å². The largest absolute Gasteiger partial charge is 0.314 e. The average molecular weight is 267 g/mol. The van der Waals surface area contributed by atoms with Gasteiger partial charge >= 0.3 is 0 Å². The van der Waals surface area contributed by atoms with Crippen LogP contribution in [0.4, 0.5) is 0 Å². The Bertz CT molecular complexity index is 375. The van der Waals surface area contributed by atoms with E-state index in [-0.39, 0.29) is 0 Å². The number of rotatable bonds is 4. The molecule has 0 bridgehead atoms. The summed E-state index contributed by atoms with van der Waals surface area (Å²) in [7, 11) is 4.34. The smallest absolute Gasteiger partial charge is 0.0574 e. The molecule has 102 valence electrons. The van der Waals surface area contributed by atoms with E-state index in [1.165, 1.54) is 10.4 Å². The quantitative estimate of drug-likeness (QED) is 0.899. The highest BCUT2D eigenvalue weighted by Gasteiger charge is 2.29. The summed E-state index contributed by atoms with van der Waals surface area (Å²) in [5.41, 5.74) is 1.44. The molecule has 1 aliphatic rings. The van der Waals surface area contributed by atoms with Crippen LogP contribution in [-0.4, -0.2) is 56.1 Å². The summed E-state index contributed by atoms with van der Waals surface area (Å²) < 4.78 is 0. The fraction of sp³-hybridized carbons (Fsp3) is 0.714. The second kappa shape index (κ2) is 6.15. The van der Waals surface area contributed by atoms with Crippen LogP contribution < -0.4 is 5.32 Å². The molecule has 0 radical (unpaired) electrons. The molecule has 0 aliphatic carbocycles. The number of nitrogens with one attached hydrogen (secondary N) is 1. The molecule has 4 heteroatoms. The zero-order valence-electron chi connectivity index (χ0n) is 11.9. The first-order valence-electron chi connectivity index (χ1n) is 6.74. The van der Waals surface area contributed by atoms with Crippen molar-refractivity contribution in [1.29, 1.82) is 0 Å². The number of aryl methyl sites for hydroxylation is 1. The molecule has 1 aromatic rings. The summed E-state index contributed by atoms with van der Waals surface area (Å²) in [6, 6.07) is 3.40. The Hall–Kier alpha value is -0.420. The SMILES string of the molecule is Cc1ccsc1C(CN(C)C)N1CCNCC1C. The molecule has 2 rings (SSSR count). The van der Waals surface area contributed by atoms with Crippen molar-refractivity contribution in [2.24, 2.45) is 0 Å². The van der Waals surface area contributed by atoms with Crippen LogP contribution in [-0.2, 0) is 0 Å². The second-order valence-corrected chi connectivity index (χ2v) is 6.48. The summed E-state index contributed by atoms with van der Waals surface area (Å²) in [5, 5.41) is 5.70. The number of hydrogen-bond donors (Lipinski definition) is 1. The number of thiophene rings is 1. The first kappa shape index (κ1) is 14.0. The molecule has 0 spiro atoms. The van der Waals surface area contributed by atoms with Gasteiger partial charge in [0.25, 0.3) is 0 Å². The topological polar surface area (TPSA) is 18.5 Å². The van der Waals surface area contributed by atoms with Gasteiger partial charge in [0.05, 0.1) is 6.04 Å². The van der Waals surface area contributed by atoms with E-state index in [2.05, 4.69) is 54.5 Å². The van der Waals surface area contributed by atoms with Gasteiger partial charge in [-0.3, -0.25) is 4.90 Å². The van der Waals surface area contributed by atoms with Gasteiger partial charge in [-0.2, -0.15) is 0 Å². The van der Waals surface area contributed by atoms with Crippen LogP contribution >= 0.6 is 11.3 Å². The van der Waals surface area contributed by atoms with Crippen LogP contribution in [0.2, 0.25) is 0 Å². The van der Waals surface area contributed by atoms with E-state index >= 15 is 0 Å². The molecule has 1 aromatic heterocycles. The lowest BCUT2D eigenvalue weighted by molar-refractivity contribution is 0.0984. The zero-order chi connectivity index (χ0) is 13.1. The molecule has 1 N–H and O–H groups in total. The van der Waals surface area contributed by atoms with Crippen LogP contribution in [0.25, 0.3) is 0 Å². The first-order chi connectivity index (χ1) is 8.59. The molecule has 1 aliphatic heterocycles. The van der Waals surface area contributed by atoms with E-state index in [1.54, 1.807) is 0 Å². The third-order valence-electron chi connectivity index (χ3n) is 3.70. The van der Waals surface area contributed by atoms with Crippen molar-refractivity contribution < 1.29 is 0 Å². The van der Waals surface area contributed by atoms with Crippen LogP contribution in [0, 0.1) is 6.92 Å². The lowest BCUT2D eigenvalue weighted by Gasteiger charge is -2.41. The van der Waals surface area contributed by atoms with Crippen molar-refractivity contribution in [2.45, 2.75) is 25.9 Å². The van der Waals surface area contributed by atoms with Crippen LogP contribution in [0.1, 0.15) is 23.4 Å². The Morgan fingerprint density at radius 3 is 2.89 bits per heavy atom. The van der Waals surface area contributed by atoms with Crippen LogP contribution in [0.3, 0.4) is 0 Å². The molecular formula is C14H25N3S. The molecule has 3 nitrogen and oxygen atoms in total. The van der Waals surface area contributed by atoms with E-state index in [9.17, 15) is 0 Å². The molecule has 18 heavy (non-hydrogen) atoms. The van der Waals surface area contributed by atoms with Crippen molar-refractivity contribution in [3.63, 3.8) is 0 Å². The minimum absolute atomic E-state index is 0.539. The monoisotopic (exact) mass is 267 g/mol. The number of hydrogen-bond acceptors (Lipinski definition) is 4. The Morgan fingerprint density at radius 2 is 2.33 bits per heavy atom. The minimum Gasteiger partial charge on any atom is -0.314 e. The van der Waals surface area contributed by atoms with Gasteiger partial charge in [0, 0.05) is 37.1 Å². The van der Waals surface area contributed by atoms with E-state index in [4.69, 9.17) is 0 Å². The third kappa shape index (κ3) is 3.12. The molecule has 1 saturated heterocycles. The predicted molar refractivity (Wildman–Crippen MR) is 79.4 cm³/mol. The van der Waals surface area contributed by atoms with Crippen molar-refractivity contribution >= 4 is 11.3 Å². The Balaban J connectivity index is 2.21. The first-order valence-corrected chi connectivity index (χ1v) is 7.62. The van der Waals surface area contributed by atoms with Gasteiger partial charge in [-0.1, -0.05) is 0 Å². The van der Waals surface area contributed by atoms with Gasteiger partial charge in [0.1, 0.15) is 0 Å². The standard InChI is InChI=1S/C14H25N3S/c1-11-5-8-18-14(11)13(10-16(3)4)17-7-6-15-9-12(17)2/h5,8,12-13,15H,6-7,9-10H2,1-4H3. The number of nitrogens with zero attached hydrogens (tertiary/aromatic N) is 2. The maximum absolute atomic E-state index is 3.48. The molecule has 0 amide bonds. The number of likely N-dealkylation sites (N-methyl/N-ethyl adjacent to an activating group) is 1. The van der Waals surface area contributed by atoms with Gasteiger partial charge in [0.2, 0.25) is 0 Å². The molecule has 2 unspecified atom stereocenters. The van der Waals surface area contributed by atoms with E-state index in [1.807, 2.05) is 11.3 Å². The maximum atomic E-state index is 3.48. The highest BCUT2D eigenvalue weighted by molar-refractivity contribution is 7.10. The summed E-state index contributed by atoms with van der Waals surface area (Å²) in [4.78, 5) is 6.51. The van der Waals surface area contributed by atoms with Crippen LogP contribution in [0.5, 0.6) is 0 Å². The maximum Gasteiger partial charge on any atom is 0.0574 e. The van der Waals surface area contributed by atoms with Crippen molar-refractivity contribution in [3.8, 4) is 0 Å². The van der Waals surface area contributed by atoms with Gasteiger partial charge in [0.15, 0.2) is 0 Å². The summed E-state index contributed by atoms with van der Waals surface area (Å²) in [6.07, 6.45) is 0. The van der Waals surface area contributed by atoms with Gasteiger partial charge in [-0.25, -0.2) is 0 Å². The summed E-state index contributed by atoms with van der Waals surface area (Å²) in [5.74, 6) is 0. The Kier molecular flexibility index (Phi) is 4.78. The molecule has 2 heterocycles. The van der Waals surface area contributed by atoms with E-state index in [0.29, 0.717) is 12.1 Å². The molecule has 0 saturated carbocycles. The molecular weight excluding hydrogens is 242 g/mol. The highest BCUT2D eigenvalue weighted by atomic mass is 32.1. The predicted octanol–water partition coefficient (Wildman–Crippen LogP) is 1.95. The van der Waals surface area contributed by atoms with Gasteiger partial charge in [-0.15, -0.1) is 11.3 Å². The highest BCUT2D eigenvalue weighted by Crippen LogP contribution is 2.31. The summed E-state index contributed by atoms with van der Waals surface area (Å²) in [6.45, 7) is 9.04. The minimum atomic E-state index is 0.539. The Morgan fingerprint density at radius 1 is 1.56 bits per heavy atom. The second-order valence-electron chi connectivity index (χ2n) is 5.54. The van der Waals surface area contributed by atoms with Gasteiger partial charge < -0.3 is 10.2 Å². The van der Waals surface area contributed by atoms with Crippen LogP contribution in [0.15, 0.2) is 11.4 Å². The Labute approximate surface area is 115 Å². The normalized spacial score (nSPS) is 23.5. The van der Waals surface area contributed by atoms with E-state index in [0.717, 1.165) is 26.2 Å².